The van der Waals surface area contributed by atoms with Gasteiger partial charge in [-0.25, -0.2) is 0 Å². The molecule has 0 saturated carbocycles. The molecule has 2 rings (SSSR count). The van der Waals surface area contributed by atoms with E-state index in [9.17, 15) is 9.59 Å². The first kappa shape index (κ1) is 18.9. The molecule has 6 heteroatoms. The van der Waals surface area contributed by atoms with Crippen LogP contribution in [0.3, 0.4) is 0 Å². The van der Waals surface area contributed by atoms with Crippen molar-refractivity contribution in [2.45, 2.75) is 39.0 Å². The second-order valence-electron chi connectivity index (χ2n) is 6.14. The van der Waals surface area contributed by atoms with E-state index in [2.05, 4.69) is 21.7 Å². The Bertz CT molecular complexity index is 496. The third-order valence-electron chi connectivity index (χ3n) is 4.37. The maximum absolute atomic E-state index is 12.2. The lowest BCUT2D eigenvalue weighted by Gasteiger charge is -2.31. The van der Waals surface area contributed by atoms with Gasteiger partial charge in [-0.2, -0.15) is 0 Å². The van der Waals surface area contributed by atoms with Crippen LogP contribution in [0.25, 0.3) is 0 Å². The minimum absolute atomic E-state index is 0.113. The minimum Gasteiger partial charge on any atom is -0.466 e. The Morgan fingerprint density at radius 3 is 2.83 bits per heavy atom. The summed E-state index contributed by atoms with van der Waals surface area (Å²) in [7, 11) is 0. The summed E-state index contributed by atoms with van der Waals surface area (Å²) < 4.78 is 4.93. The van der Waals surface area contributed by atoms with E-state index in [1.807, 2.05) is 13.0 Å². The average molecular weight is 353 g/mol. The molecule has 0 aromatic carbocycles. The van der Waals surface area contributed by atoms with Crippen LogP contribution in [0.15, 0.2) is 17.5 Å². The van der Waals surface area contributed by atoms with Crippen molar-refractivity contribution in [1.29, 1.82) is 0 Å². The molecule has 2 heterocycles. The van der Waals surface area contributed by atoms with Gasteiger partial charge >= 0.3 is 5.97 Å². The van der Waals surface area contributed by atoms with Gasteiger partial charge in [0.2, 0.25) is 5.91 Å². The van der Waals surface area contributed by atoms with Crippen molar-refractivity contribution in [3.8, 4) is 0 Å². The third-order valence-corrected chi connectivity index (χ3v) is 5.31. The summed E-state index contributed by atoms with van der Waals surface area (Å²) in [4.78, 5) is 27.2. The van der Waals surface area contributed by atoms with Crippen LogP contribution in [0.4, 0.5) is 0 Å². The second kappa shape index (κ2) is 10.5. The predicted molar refractivity (Wildman–Crippen MR) is 96.1 cm³/mol. The summed E-state index contributed by atoms with van der Waals surface area (Å²) in [6.07, 6.45) is 4.04. The summed E-state index contributed by atoms with van der Waals surface area (Å²) in [5.41, 5.74) is 0. The smallest absolute Gasteiger partial charge is 0.305 e. The summed E-state index contributed by atoms with van der Waals surface area (Å²) in [5.74, 6) is 0.213. The van der Waals surface area contributed by atoms with Gasteiger partial charge in [0.15, 0.2) is 0 Å². The Hall–Kier alpha value is -1.40. The standard InChI is InChI=1S/C18H28N2O3S/c1-2-23-17(21)6-3-11-20-12-8-15(9-13-20)18(22)19-10-7-16-5-4-14-24-16/h4-5,14-15H,2-3,6-13H2,1H3,(H,19,22). The highest BCUT2D eigenvalue weighted by Gasteiger charge is 2.24. The highest BCUT2D eigenvalue weighted by molar-refractivity contribution is 7.09. The second-order valence-corrected chi connectivity index (χ2v) is 7.18. The van der Waals surface area contributed by atoms with Crippen LogP contribution < -0.4 is 5.32 Å². The third kappa shape index (κ3) is 6.61. The van der Waals surface area contributed by atoms with E-state index in [0.29, 0.717) is 13.0 Å². The van der Waals surface area contributed by atoms with Crippen LogP contribution in [0, 0.1) is 5.92 Å². The minimum atomic E-state index is -0.113. The number of carbonyl (C=O) groups excluding carboxylic acids is 2. The van der Waals surface area contributed by atoms with Crippen molar-refractivity contribution in [2.24, 2.45) is 5.92 Å². The van der Waals surface area contributed by atoms with E-state index in [0.717, 1.165) is 51.9 Å². The molecule has 1 N–H and O–H groups in total. The molecule has 0 atom stereocenters. The molecule has 134 valence electrons. The molecule has 0 unspecified atom stereocenters. The summed E-state index contributed by atoms with van der Waals surface area (Å²) >= 11 is 1.73. The van der Waals surface area contributed by atoms with E-state index in [4.69, 9.17) is 4.74 Å². The number of hydrogen-bond donors (Lipinski definition) is 1. The maximum atomic E-state index is 12.2. The number of nitrogens with one attached hydrogen (secondary N) is 1. The van der Waals surface area contributed by atoms with Crippen LogP contribution in [0.2, 0.25) is 0 Å². The Balaban J connectivity index is 1.56. The predicted octanol–water partition coefficient (Wildman–Crippen LogP) is 2.46. The molecule has 5 nitrogen and oxygen atoms in total. The van der Waals surface area contributed by atoms with Crippen LogP contribution in [0.1, 0.15) is 37.5 Å². The van der Waals surface area contributed by atoms with Gasteiger partial charge in [-0.05, 0) is 63.7 Å². The highest BCUT2D eigenvalue weighted by atomic mass is 32.1. The number of likely N-dealkylation sites (tertiary alicyclic amines) is 1. The number of ether oxygens (including phenoxy) is 1. The fraction of sp³-hybridized carbons (Fsp3) is 0.667. The van der Waals surface area contributed by atoms with Gasteiger partial charge in [0.05, 0.1) is 6.61 Å². The van der Waals surface area contributed by atoms with Gasteiger partial charge in [0, 0.05) is 23.8 Å². The summed E-state index contributed by atoms with van der Waals surface area (Å²) in [6.45, 7) is 5.78. The van der Waals surface area contributed by atoms with Gasteiger partial charge in [0.1, 0.15) is 0 Å². The maximum Gasteiger partial charge on any atom is 0.305 e. The normalized spacial score (nSPS) is 16.0. The first-order chi connectivity index (χ1) is 11.7. The van der Waals surface area contributed by atoms with E-state index in [1.165, 1.54) is 4.88 Å². The van der Waals surface area contributed by atoms with Crippen LogP contribution in [-0.2, 0) is 20.7 Å². The molecule has 0 radical (unpaired) electrons. The SMILES string of the molecule is CCOC(=O)CCCN1CCC(C(=O)NCCc2cccs2)CC1. The Morgan fingerprint density at radius 2 is 2.17 bits per heavy atom. The lowest BCUT2D eigenvalue weighted by molar-refractivity contribution is -0.143. The van der Waals surface area contributed by atoms with E-state index in [-0.39, 0.29) is 17.8 Å². The lowest BCUT2D eigenvalue weighted by atomic mass is 9.95. The Morgan fingerprint density at radius 1 is 1.38 bits per heavy atom. The number of hydrogen-bond acceptors (Lipinski definition) is 5. The molecule has 1 amide bonds. The molecule has 1 aromatic rings. The van der Waals surface area contributed by atoms with Crippen molar-refractivity contribution >= 4 is 23.2 Å². The summed E-state index contributed by atoms with van der Waals surface area (Å²) in [6, 6.07) is 4.14. The van der Waals surface area contributed by atoms with Gasteiger partial charge in [-0.1, -0.05) is 6.07 Å². The van der Waals surface area contributed by atoms with Crippen molar-refractivity contribution < 1.29 is 14.3 Å². The molecule has 1 fully saturated rings. The number of rotatable bonds is 9. The first-order valence-electron chi connectivity index (χ1n) is 8.87. The quantitative estimate of drug-likeness (QED) is 0.694. The molecule has 1 aliphatic rings. The zero-order valence-corrected chi connectivity index (χ0v) is 15.3. The van der Waals surface area contributed by atoms with Crippen molar-refractivity contribution in [3.05, 3.63) is 22.4 Å². The molecular formula is C18H28N2O3S. The molecule has 0 bridgehead atoms. The van der Waals surface area contributed by atoms with Crippen LogP contribution in [-0.4, -0.2) is 49.6 Å². The van der Waals surface area contributed by atoms with E-state index >= 15 is 0 Å². The van der Waals surface area contributed by atoms with Gasteiger partial charge in [-0.15, -0.1) is 11.3 Å². The number of amides is 1. The van der Waals surface area contributed by atoms with E-state index in [1.54, 1.807) is 11.3 Å². The van der Waals surface area contributed by atoms with Crippen molar-refractivity contribution in [3.63, 3.8) is 0 Å². The number of nitrogens with zero attached hydrogens (tertiary/aromatic N) is 1. The number of thiophene rings is 1. The first-order valence-corrected chi connectivity index (χ1v) is 9.75. The average Bonchev–Trinajstić information content (AvgIpc) is 3.09. The number of piperidine rings is 1. The zero-order valence-electron chi connectivity index (χ0n) is 14.5. The molecule has 24 heavy (non-hydrogen) atoms. The monoisotopic (exact) mass is 352 g/mol. The number of carbonyl (C=O) groups is 2. The molecule has 1 aromatic heterocycles. The largest absolute Gasteiger partial charge is 0.466 e. The summed E-state index contributed by atoms with van der Waals surface area (Å²) in [5, 5.41) is 5.13. The van der Waals surface area contributed by atoms with Crippen LogP contribution in [0.5, 0.6) is 0 Å². The zero-order chi connectivity index (χ0) is 17.2. The fourth-order valence-corrected chi connectivity index (χ4v) is 3.72. The fourth-order valence-electron chi connectivity index (χ4n) is 3.01. The molecular weight excluding hydrogens is 324 g/mol. The van der Waals surface area contributed by atoms with Crippen LogP contribution >= 0.6 is 11.3 Å². The van der Waals surface area contributed by atoms with E-state index < -0.39 is 0 Å². The molecule has 0 aliphatic carbocycles. The topological polar surface area (TPSA) is 58.6 Å². The molecule has 0 spiro atoms. The highest BCUT2D eigenvalue weighted by Crippen LogP contribution is 2.18. The van der Waals surface area contributed by atoms with Gasteiger partial charge in [0.25, 0.3) is 0 Å². The molecule has 1 aliphatic heterocycles. The van der Waals surface area contributed by atoms with Crippen molar-refractivity contribution in [1.82, 2.24) is 10.2 Å². The van der Waals surface area contributed by atoms with Gasteiger partial charge in [-0.3, -0.25) is 9.59 Å². The van der Waals surface area contributed by atoms with Gasteiger partial charge < -0.3 is 15.0 Å². The van der Waals surface area contributed by atoms with Crippen molar-refractivity contribution in [2.75, 3.05) is 32.8 Å². The Labute approximate surface area is 148 Å². The number of esters is 1. The molecule has 1 saturated heterocycles. The lowest BCUT2D eigenvalue weighted by Crippen LogP contribution is -2.41. The Kier molecular flexibility index (Phi) is 8.25.